The number of hydrogen-bond donors (Lipinski definition) is 0. The van der Waals surface area contributed by atoms with E-state index in [2.05, 4.69) is 131 Å². The van der Waals surface area contributed by atoms with Crippen molar-refractivity contribution in [3.05, 3.63) is 149 Å². The molecule has 5 aromatic rings. The van der Waals surface area contributed by atoms with E-state index in [0.717, 1.165) is 6.42 Å². The van der Waals surface area contributed by atoms with Crippen LogP contribution in [0.5, 0.6) is 0 Å². The second kappa shape index (κ2) is 15.2. The molecule has 38 heavy (non-hydrogen) atoms. The predicted octanol–water partition coefficient (Wildman–Crippen LogP) is 9.90. The Labute approximate surface area is 255 Å². The van der Waals surface area contributed by atoms with Crippen LogP contribution in [-0.2, 0) is 24.2 Å². The maximum absolute atomic E-state index is 2.99. The van der Waals surface area contributed by atoms with Gasteiger partial charge in [0.1, 0.15) is 0 Å². The molecule has 0 atom stereocenters. The third kappa shape index (κ3) is 8.54. The molecule has 0 bridgehead atoms. The van der Waals surface area contributed by atoms with E-state index in [1.807, 2.05) is 12.2 Å². The Bertz CT molecular complexity index is 1460. The van der Waals surface area contributed by atoms with Gasteiger partial charge in [0.15, 0.2) is 0 Å². The molecule has 0 spiro atoms. The van der Waals surface area contributed by atoms with Crippen molar-refractivity contribution in [2.75, 3.05) is 0 Å². The topological polar surface area (TPSA) is 0 Å². The molecule has 0 unspecified atom stereocenters. The molecule has 0 heterocycles. The predicted molar refractivity (Wildman–Crippen MR) is 168 cm³/mol. The number of fused-ring (bicyclic) bond motifs is 3. The molecule has 192 valence electrons. The quantitative estimate of drug-likeness (QED) is 0.173. The Morgan fingerprint density at radius 3 is 1.50 bits per heavy atom. The van der Waals surface area contributed by atoms with Crippen molar-refractivity contribution in [1.82, 2.24) is 0 Å². The van der Waals surface area contributed by atoms with E-state index >= 15 is 0 Å². The van der Waals surface area contributed by atoms with Gasteiger partial charge in [0, 0.05) is 0 Å². The van der Waals surface area contributed by atoms with Crippen LogP contribution in [0.3, 0.4) is 0 Å². The molecule has 0 saturated heterocycles. The molecule has 0 N–H and O–H groups in total. The summed E-state index contributed by atoms with van der Waals surface area (Å²) < 4.78 is 1.43. The summed E-state index contributed by atoms with van der Waals surface area (Å²) >= 11 is 1.47. The van der Waals surface area contributed by atoms with Crippen molar-refractivity contribution >= 4 is 49.6 Å². The number of allylic oxidation sites excluding steroid dienone is 4. The molecule has 0 amide bonds. The number of halogens is 2. The minimum absolute atomic E-state index is 0. The zero-order valence-corrected chi connectivity index (χ0v) is 26.5. The third-order valence-electron chi connectivity index (χ3n) is 6.21. The van der Waals surface area contributed by atoms with E-state index in [9.17, 15) is 0 Å². The van der Waals surface area contributed by atoms with Crippen molar-refractivity contribution in [2.45, 2.75) is 34.1 Å². The average Bonchev–Trinajstić information content (AvgIpc) is 3.55. The molecule has 0 aliphatic heterocycles. The maximum Gasteiger partial charge on any atom is -0.109 e. The number of aryl methyl sites for hydroxylation is 4. The Kier molecular flexibility index (Phi) is 12.7. The summed E-state index contributed by atoms with van der Waals surface area (Å²) in [6.45, 7) is 8.57. The monoisotopic (exact) mass is 614 g/mol. The van der Waals surface area contributed by atoms with Gasteiger partial charge in [0.2, 0.25) is 0 Å². The molecule has 0 fully saturated rings. The van der Waals surface area contributed by atoms with Crippen LogP contribution < -0.4 is 0 Å². The standard InChI is InChI=1S/C15H13.C15H14.C5H5.2ClH.Zr/c1-10-3-5-14-12(7-10)9-13-8-11(2)4-6-15(13)14;1-12-5-3-7-14(9-12)11-15-8-4-6-13(2)10-15;1-2-4-5-3-1;;;/h3-9H,1-2H3;3-10H,1-2H3;1-3H,4H2;2*1H;/q-1;;-1;;;+2. The van der Waals surface area contributed by atoms with Crippen LogP contribution in [0.2, 0.25) is 0 Å². The summed E-state index contributed by atoms with van der Waals surface area (Å²) in [6, 6.07) is 33.0. The van der Waals surface area contributed by atoms with E-state index in [1.54, 1.807) is 0 Å². The smallest absolute Gasteiger partial charge is 0.109 e. The summed E-state index contributed by atoms with van der Waals surface area (Å²) in [6.07, 6.45) is 10.0. The minimum Gasteiger partial charge on any atom is -0.273 e. The van der Waals surface area contributed by atoms with Crippen molar-refractivity contribution in [2.24, 2.45) is 0 Å². The summed E-state index contributed by atoms with van der Waals surface area (Å²) in [5.41, 5.74) is 8.01. The van der Waals surface area contributed by atoms with Gasteiger partial charge in [0.25, 0.3) is 0 Å². The molecule has 0 aromatic heterocycles. The molecule has 1 aliphatic rings. The SMILES string of the molecule is Cc1ccc2c(c1)[cH-]c1cc(C)ccc12.Cc1cccc([C](=[Zr+2])c2cccc(C)c2)c1.Cl.Cl.[C-]1=CC=CC1. The van der Waals surface area contributed by atoms with Gasteiger partial charge in [-0.2, -0.15) is 6.08 Å². The van der Waals surface area contributed by atoms with E-state index in [-0.39, 0.29) is 24.8 Å². The molecule has 1 aliphatic carbocycles. The summed E-state index contributed by atoms with van der Waals surface area (Å²) in [5, 5.41) is 5.46. The first-order valence-corrected chi connectivity index (χ1v) is 13.6. The first-order chi connectivity index (χ1) is 17.4. The second-order valence-electron chi connectivity index (χ2n) is 9.44. The molecule has 0 saturated carbocycles. The van der Waals surface area contributed by atoms with Crippen molar-refractivity contribution in [3.63, 3.8) is 0 Å². The van der Waals surface area contributed by atoms with Crippen LogP contribution in [0.1, 0.15) is 39.8 Å². The van der Waals surface area contributed by atoms with Crippen LogP contribution in [0.4, 0.5) is 0 Å². The summed E-state index contributed by atoms with van der Waals surface area (Å²) in [7, 11) is 0. The maximum atomic E-state index is 2.99. The van der Waals surface area contributed by atoms with Crippen molar-refractivity contribution < 1.29 is 24.2 Å². The first kappa shape index (κ1) is 31.8. The number of rotatable bonds is 2. The fraction of sp³-hybridized carbons (Fsp3) is 0.143. The van der Waals surface area contributed by atoms with E-state index in [1.165, 1.54) is 82.4 Å². The minimum atomic E-state index is 0. The Balaban J connectivity index is 0.000000216. The molecule has 3 heteroatoms. The number of hydrogen-bond acceptors (Lipinski definition) is 0. The molecule has 5 aromatic carbocycles. The van der Waals surface area contributed by atoms with Gasteiger partial charge in [-0.3, -0.25) is 6.08 Å². The van der Waals surface area contributed by atoms with Crippen LogP contribution in [0.15, 0.2) is 109 Å². The van der Waals surface area contributed by atoms with Gasteiger partial charge in [0.05, 0.1) is 0 Å². The van der Waals surface area contributed by atoms with Crippen molar-refractivity contribution in [1.29, 1.82) is 0 Å². The summed E-state index contributed by atoms with van der Waals surface area (Å²) in [4.78, 5) is 0. The third-order valence-corrected chi connectivity index (χ3v) is 7.63. The molecular weight excluding hydrogens is 583 g/mol. The van der Waals surface area contributed by atoms with Gasteiger partial charge < -0.3 is 0 Å². The molecule has 0 nitrogen and oxygen atoms in total. The largest absolute Gasteiger partial charge is 0.273 e. The normalized spacial score (nSPS) is 11.1. The van der Waals surface area contributed by atoms with Gasteiger partial charge >= 0.3 is 112 Å². The average molecular weight is 617 g/mol. The van der Waals surface area contributed by atoms with Crippen LogP contribution >= 0.6 is 24.8 Å². The fourth-order valence-electron chi connectivity index (χ4n) is 4.37. The summed E-state index contributed by atoms with van der Waals surface area (Å²) in [5.74, 6) is 0. The van der Waals surface area contributed by atoms with Crippen LogP contribution in [0.25, 0.3) is 21.5 Å². The molecule has 6 rings (SSSR count). The Morgan fingerprint density at radius 1 is 0.658 bits per heavy atom. The first-order valence-electron chi connectivity index (χ1n) is 12.4. The van der Waals surface area contributed by atoms with Gasteiger partial charge in [-0.15, -0.1) is 71.0 Å². The van der Waals surface area contributed by atoms with Gasteiger partial charge in [-0.25, -0.2) is 12.2 Å². The van der Waals surface area contributed by atoms with E-state index in [4.69, 9.17) is 0 Å². The zero-order valence-electron chi connectivity index (χ0n) is 22.4. The molecule has 0 radical (unpaired) electrons. The van der Waals surface area contributed by atoms with E-state index in [0.29, 0.717) is 0 Å². The second-order valence-corrected chi connectivity index (χ2v) is 10.7. The van der Waals surface area contributed by atoms with E-state index < -0.39 is 0 Å². The number of benzene rings is 4. The van der Waals surface area contributed by atoms with Crippen LogP contribution in [-0.4, -0.2) is 3.21 Å². The van der Waals surface area contributed by atoms with Crippen molar-refractivity contribution in [3.8, 4) is 0 Å². The Morgan fingerprint density at radius 2 is 1.13 bits per heavy atom. The molecular formula is C35H34Cl2Zr. The van der Waals surface area contributed by atoms with Gasteiger partial charge in [-0.05, 0) is 13.8 Å². The van der Waals surface area contributed by atoms with Gasteiger partial charge in [-0.1, -0.05) is 35.4 Å². The fourth-order valence-corrected chi connectivity index (χ4v) is 5.13. The zero-order chi connectivity index (χ0) is 25.5. The Hall–Kier alpha value is -2.44. The van der Waals surface area contributed by atoms with Crippen LogP contribution in [0, 0.1) is 33.8 Å².